The molecule has 0 radical (unpaired) electrons. The minimum absolute atomic E-state index is 0.246. The lowest BCUT2D eigenvalue weighted by atomic mass is 9.71. The summed E-state index contributed by atoms with van der Waals surface area (Å²) < 4.78 is 5.42. The summed E-state index contributed by atoms with van der Waals surface area (Å²) in [7, 11) is 5.73. The van der Waals surface area contributed by atoms with Crippen molar-refractivity contribution < 1.29 is 9.84 Å². The summed E-state index contributed by atoms with van der Waals surface area (Å²) in [4.78, 5) is 2.17. The summed E-state index contributed by atoms with van der Waals surface area (Å²) in [5.74, 6) is 1.43. The van der Waals surface area contributed by atoms with Crippen LogP contribution in [-0.4, -0.2) is 36.8 Å². The lowest BCUT2D eigenvalue weighted by Crippen LogP contribution is -2.51. The van der Waals surface area contributed by atoms with Crippen molar-refractivity contribution in [2.45, 2.75) is 44.2 Å². The Balaban J connectivity index is 2.39. The maximum absolute atomic E-state index is 11.1. The number of hydrogen-bond acceptors (Lipinski definition) is 3. The maximum Gasteiger partial charge on any atom is 0.124 e. The monoisotopic (exact) mass is 311 g/mol. The van der Waals surface area contributed by atoms with Crippen LogP contribution in [0.4, 0.5) is 0 Å². The molecular formula is C17H26ClNO2. The minimum atomic E-state index is -0.603. The topological polar surface area (TPSA) is 32.7 Å². The largest absolute Gasteiger partial charge is 0.496 e. The van der Waals surface area contributed by atoms with E-state index >= 15 is 0 Å². The number of methoxy groups -OCH3 is 1. The van der Waals surface area contributed by atoms with Gasteiger partial charge in [-0.15, -0.1) is 0 Å². The molecule has 1 aromatic carbocycles. The standard InChI is InChI=1S/C17H26ClNO2/c1-12-7-9-17(10-8-12,19(2)3)16(20)14-11-13(18)5-6-15(14)21-4/h5-6,11-12,16,20H,7-10H2,1-4H3. The van der Waals surface area contributed by atoms with Crippen LogP contribution in [0.15, 0.2) is 18.2 Å². The Labute approximate surface area is 132 Å². The van der Waals surface area contributed by atoms with E-state index in [0.717, 1.165) is 37.2 Å². The van der Waals surface area contributed by atoms with E-state index in [2.05, 4.69) is 25.9 Å². The number of aliphatic hydroxyl groups excluding tert-OH is 1. The fourth-order valence-electron chi connectivity index (χ4n) is 3.44. The smallest absolute Gasteiger partial charge is 0.124 e. The van der Waals surface area contributed by atoms with E-state index in [9.17, 15) is 5.11 Å². The highest BCUT2D eigenvalue weighted by Crippen LogP contribution is 2.45. The molecule has 1 unspecified atom stereocenters. The van der Waals surface area contributed by atoms with E-state index in [4.69, 9.17) is 16.3 Å². The van der Waals surface area contributed by atoms with Gasteiger partial charge in [-0.2, -0.15) is 0 Å². The highest BCUT2D eigenvalue weighted by Gasteiger charge is 2.44. The molecule has 1 aliphatic carbocycles. The molecule has 1 N–H and O–H groups in total. The van der Waals surface area contributed by atoms with Gasteiger partial charge in [-0.1, -0.05) is 18.5 Å². The second kappa shape index (κ2) is 6.55. The zero-order chi connectivity index (χ0) is 15.6. The molecule has 1 atom stereocenters. The number of rotatable bonds is 4. The molecule has 0 aliphatic heterocycles. The number of aliphatic hydroxyl groups is 1. The molecule has 3 nitrogen and oxygen atoms in total. The van der Waals surface area contributed by atoms with Gasteiger partial charge in [0.25, 0.3) is 0 Å². The first kappa shape index (κ1) is 16.6. The van der Waals surface area contributed by atoms with Crippen molar-refractivity contribution in [3.63, 3.8) is 0 Å². The van der Waals surface area contributed by atoms with Crippen LogP contribution in [0.1, 0.15) is 44.3 Å². The normalized spacial score (nSPS) is 27.7. The molecule has 0 bridgehead atoms. The molecule has 1 fully saturated rings. The van der Waals surface area contributed by atoms with E-state index in [-0.39, 0.29) is 5.54 Å². The SMILES string of the molecule is COc1ccc(Cl)cc1C(O)C1(N(C)C)CCC(C)CC1. The summed E-state index contributed by atoms with van der Waals surface area (Å²) in [6, 6.07) is 5.45. The fraction of sp³-hybridized carbons (Fsp3) is 0.647. The number of likely N-dealkylation sites (N-methyl/N-ethyl adjacent to an activating group) is 1. The van der Waals surface area contributed by atoms with Crippen molar-refractivity contribution in [3.05, 3.63) is 28.8 Å². The molecule has 0 aromatic heterocycles. The van der Waals surface area contributed by atoms with E-state index in [0.29, 0.717) is 10.8 Å². The van der Waals surface area contributed by atoms with E-state index in [1.54, 1.807) is 13.2 Å². The Morgan fingerprint density at radius 1 is 1.33 bits per heavy atom. The molecule has 0 heterocycles. The van der Waals surface area contributed by atoms with Crippen molar-refractivity contribution in [2.75, 3.05) is 21.2 Å². The lowest BCUT2D eigenvalue weighted by molar-refractivity contribution is -0.0417. The van der Waals surface area contributed by atoms with Gasteiger partial charge in [0, 0.05) is 10.6 Å². The molecule has 1 aliphatic rings. The summed E-state index contributed by atoms with van der Waals surface area (Å²) in [5.41, 5.74) is 0.540. The second-order valence-corrected chi connectivity index (χ2v) is 6.91. The van der Waals surface area contributed by atoms with Gasteiger partial charge in [0.2, 0.25) is 0 Å². The number of hydrogen-bond donors (Lipinski definition) is 1. The number of halogens is 1. The zero-order valence-corrected chi connectivity index (χ0v) is 14.2. The molecule has 21 heavy (non-hydrogen) atoms. The predicted octanol–water partition coefficient (Wildman–Crippen LogP) is 3.89. The Kier molecular flexibility index (Phi) is 5.18. The van der Waals surface area contributed by atoms with Crippen molar-refractivity contribution in [2.24, 2.45) is 5.92 Å². The lowest BCUT2D eigenvalue weighted by Gasteiger charge is -2.48. The molecule has 1 aromatic rings. The van der Waals surface area contributed by atoms with Crippen LogP contribution in [0, 0.1) is 5.92 Å². The molecule has 118 valence electrons. The predicted molar refractivity (Wildman–Crippen MR) is 87.0 cm³/mol. The van der Waals surface area contributed by atoms with E-state index < -0.39 is 6.10 Å². The molecule has 4 heteroatoms. The van der Waals surface area contributed by atoms with E-state index in [1.165, 1.54) is 0 Å². The first-order valence-electron chi connectivity index (χ1n) is 7.59. The van der Waals surface area contributed by atoms with Crippen LogP contribution in [0.5, 0.6) is 5.75 Å². The van der Waals surface area contributed by atoms with Crippen LogP contribution in [-0.2, 0) is 0 Å². The van der Waals surface area contributed by atoms with Crippen molar-refractivity contribution in [1.82, 2.24) is 4.90 Å². The van der Waals surface area contributed by atoms with Crippen LogP contribution in [0.25, 0.3) is 0 Å². The van der Waals surface area contributed by atoms with Gasteiger partial charge in [-0.3, -0.25) is 0 Å². The highest BCUT2D eigenvalue weighted by molar-refractivity contribution is 6.30. The van der Waals surface area contributed by atoms with Gasteiger partial charge in [-0.05, 0) is 63.9 Å². The third-order valence-electron chi connectivity index (χ3n) is 5.03. The van der Waals surface area contributed by atoms with Crippen LogP contribution < -0.4 is 4.74 Å². The van der Waals surface area contributed by atoms with Gasteiger partial charge in [-0.25, -0.2) is 0 Å². The van der Waals surface area contributed by atoms with Gasteiger partial charge < -0.3 is 14.7 Å². The summed E-state index contributed by atoms with van der Waals surface area (Å²) in [6.45, 7) is 2.28. The molecule has 1 saturated carbocycles. The van der Waals surface area contributed by atoms with Gasteiger partial charge in [0.1, 0.15) is 11.9 Å². The maximum atomic E-state index is 11.1. The second-order valence-electron chi connectivity index (χ2n) is 6.47. The van der Waals surface area contributed by atoms with E-state index in [1.807, 2.05) is 12.1 Å². The van der Waals surface area contributed by atoms with Crippen molar-refractivity contribution in [1.29, 1.82) is 0 Å². The van der Waals surface area contributed by atoms with Crippen LogP contribution in [0.2, 0.25) is 5.02 Å². The summed E-state index contributed by atoms with van der Waals surface area (Å²) in [6.07, 6.45) is 3.64. The summed E-state index contributed by atoms with van der Waals surface area (Å²) >= 11 is 6.12. The number of ether oxygens (including phenoxy) is 1. The molecule has 0 saturated heterocycles. The molecule has 0 amide bonds. The number of nitrogens with zero attached hydrogens (tertiary/aromatic N) is 1. The van der Waals surface area contributed by atoms with Crippen LogP contribution >= 0.6 is 11.6 Å². The zero-order valence-electron chi connectivity index (χ0n) is 13.4. The van der Waals surface area contributed by atoms with Gasteiger partial charge in [0.05, 0.1) is 12.6 Å². The third-order valence-corrected chi connectivity index (χ3v) is 5.26. The summed E-state index contributed by atoms with van der Waals surface area (Å²) in [5, 5.41) is 11.7. The Morgan fingerprint density at radius 2 is 1.95 bits per heavy atom. The average molecular weight is 312 g/mol. The Hall–Kier alpha value is -0.770. The number of benzene rings is 1. The third kappa shape index (κ3) is 3.20. The average Bonchev–Trinajstić information content (AvgIpc) is 2.47. The first-order valence-corrected chi connectivity index (χ1v) is 7.97. The molecular weight excluding hydrogens is 286 g/mol. The molecule has 0 spiro atoms. The highest BCUT2D eigenvalue weighted by atomic mass is 35.5. The quantitative estimate of drug-likeness (QED) is 0.915. The first-order chi connectivity index (χ1) is 9.90. The minimum Gasteiger partial charge on any atom is -0.496 e. The van der Waals surface area contributed by atoms with Crippen molar-refractivity contribution >= 4 is 11.6 Å². The van der Waals surface area contributed by atoms with Gasteiger partial charge in [0.15, 0.2) is 0 Å². The van der Waals surface area contributed by atoms with Gasteiger partial charge >= 0.3 is 0 Å². The van der Waals surface area contributed by atoms with Crippen LogP contribution in [0.3, 0.4) is 0 Å². The molecule has 2 rings (SSSR count). The Morgan fingerprint density at radius 3 is 2.48 bits per heavy atom. The fourth-order valence-corrected chi connectivity index (χ4v) is 3.62. The Bertz CT molecular complexity index is 482. The van der Waals surface area contributed by atoms with Crippen molar-refractivity contribution in [3.8, 4) is 5.75 Å².